The minimum absolute atomic E-state index is 0.307. The molecule has 13 heavy (non-hydrogen) atoms. The van der Waals surface area contributed by atoms with Crippen molar-refractivity contribution in [3.63, 3.8) is 0 Å². The number of allylic oxidation sites excluding steroid dienone is 2. The van der Waals surface area contributed by atoms with E-state index >= 15 is 0 Å². The normalized spacial score (nSPS) is 9.69. The summed E-state index contributed by atoms with van der Waals surface area (Å²) in [7, 11) is 0. The van der Waals surface area contributed by atoms with Crippen LogP contribution in [0, 0.1) is 0 Å². The van der Waals surface area contributed by atoms with Crippen molar-refractivity contribution in [2.24, 2.45) is 0 Å². The van der Waals surface area contributed by atoms with Crippen molar-refractivity contribution in [3.8, 4) is 0 Å². The maximum absolute atomic E-state index is 10.2. The number of carboxylic acid groups (broad SMARTS) is 1. The molecule has 0 radical (unpaired) electrons. The molecule has 0 aromatic rings. The zero-order valence-corrected chi connectivity index (χ0v) is 8.68. The third kappa shape index (κ3) is 7.57. The Labute approximate surface area is 80.7 Å². The summed E-state index contributed by atoms with van der Waals surface area (Å²) < 4.78 is 0. The lowest BCUT2D eigenvalue weighted by Crippen LogP contribution is -1.93. The van der Waals surface area contributed by atoms with Crippen molar-refractivity contribution < 1.29 is 9.90 Å². The van der Waals surface area contributed by atoms with Gasteiger partial charge in [-0.25, -0.2) is 0 Å². The van der Waals surface area contributed by atoms with Gasteiger partial charge in [-0.2, -0.15) is 0 Å². The molecule has 76 valence electrons. The Morgan fingerprint density at radius 1 is 1.23 bits per heavy atom. The SMILES string of the molecule is CCC(=CCCCCC(=O)O)CC. The molecule has 0 amide bonds. The van der Waals surface area contributed by atoms with E-state index in [-0.39, 0.29) is 0 Å². The molecule has 0 aliphatic carbocycles. The van der Waals surface area contributed by atoms with Crippen LogP contribution in [0.5, 0.6) is 0 Å². The summed E-state index contributed by atoms with van der Waals surface area (Å²) in [6.45, 7) is 4.32. The number of rotatable bonds is 7. The van der Waals surface area contributed by atoms with Crippen LogP contribution >= 0.6 is 0 Å². The first kappa shape index (κ1) is 12.2. The lowest BCUT2D eigenvalue weighted by molar-refractivity contribution is -0.137. The van der Waals surface area contributed by atoms with E-state index in [0.717, 1.165) is 32.1 Å². The van der Waals surface area contributed by atoms with Crippen molar-refractivity contribution in [1.29, 1.82) is 0 Å². The number of carboxylic acids is 1. The molecule has 0 aromatic heterocycles. The highest BCUT2D eigenvalue weighted by Gasteiger charge is 1.95. The second-order valence-electron chi connectivity index (χ2n) is 3.21. The summed E-state index contributed by atoms with van der Waals surface area (Å²) >= 11 is 0. The van der Waals surface area contributed by atoms with Crippen LogP contribution in [0.2, 0.25) is 0 Å². The molecule has 2 nitrogen and oxygen atoms in total. The predicted molar refractivity (Wildman–Crippen MR) is 54.8 cm³/mol. The van der Waals surface area contributed by atoms with Gasteiger partial charge >= 0.3 is 5.97 Å². The summed E-state index contributed by atoms with van der Waals surface area (Å²) in [5.74, 6) is -0.685. The van der Waals surface area contributed by atoms with Gasteiger partial charge in [0.2, 0.25) is 0 Å². The fourth-order valence-electron chi connectivity index (χ4n) is 1.27. The second-order valence-corrected chi connectivity index (χ2v) is 3.21. The molecule has 0 fully saturated rings. The van der Waals surface area contributed by atoms with Crippen LogP contribution in [0.1, 0.15) is 52.4 Å². The quantitative estimate of drug-likeness (QED) is 0.486. The monoisotopic (exact) mass is 184 g/mol. The molecule has 0 saturated heterocycles. The highest BCUT2D eigenvalue weighted by Crippen LogP contribution is 2.09. The van der Waals surface area contributed by atoms with Gasteiger partial charge in [0.1, 0.15) is 0 Å². The van der Waals surface area contributed by atoms with Crippen molar-refractivity contribution in [3.05, 3.63) is 11.6 Å². The van der Waals surface area contributed by atoms with Gasteiger partial charge in [0.05, 0.1) is 0 Å². The van der Waals surface area contributed by atoms with Gasteiger partial charge in [-0.15, -0.1) is 0 Å². The first-order valence-electron chi connectivity index (χ1n) is 5.10. The molecule has 0 heterocycles. The van der Waals surface area contributed by atoms with Crippen LogP contribution in [0.15, 0.2) is 11.6 Å². The standard InChI is InChI=1S/C11H20O2/c1-3-10(4-2)8-6-5-7-9-11(12)13/h8H,3-7,9H2,1-2H3,(H,12,13). The van der Waals surface area contributed by atoms with Gasteiger partial charge in [-0.05, 0) is 32.1 Å². The molecule has 2 heteroatoms. The Morgan fingerprint density at radius 2 is 1.85 bits per heavy atom. The predicted octanol–water partition coefficient (Wildman–Crippen LogP) is 3.38. The van der Waals surface area contributed by atoms with E-state index in [2.05, 4.69) is 19.9 Å². The summed E-state index contributed by atoms with van der Waals surface area (Å²) in [6.07, 6.45) is 7.63. The Morgan fingerprint density at radius 3 is 2.31 bits per heavy atom. The van der Waals surface area contributed by atoms with Gasteiger partial charge in [0, 0.05) is 6.42 Å². The summed E-state index contributed by atoms with van der Waals surface area (Å²) in [5.41, 5.74) is 1.48. The van der Waals surface area contributed by atoms with Crippen LogP contribution in [0.4, 0.5) is 0 Å². The number of carbonyl (C=O) groups is 1. The summed E-state index contributed by atoms with van der Waals surface area (Å²) in [6, 6.07) is 0. The van der Waals surface area contributed by atoms with Crippen molar-refractivity contribution in [2.45, 2.75) is 52.4 Å². The topological polar surface area (TPSA) is 37.3 Å². The molecule has 0 bridgehead atoms. The first-order chi connectivity index (χ1) is 6.20. The summed E-state index contributed by atoms with van der Waals surface area (Å²) in [4.78, 5) is 10.2. The van der Waals surface area contributed by atoms with Gasteiger partial charge in [-0.1, -0.05) is 25.5 Å². The lowest BCUT2D eigenvalue weighted by atomic mass is 10.1. The zero-order valence-electron chi connectivity index (χ0n) is 8.68. The van der Waals surface area contributed by atoms with E-state index < -0.39 is 5.97 Å². The van der Waals surface area contributed by atoms with Crippen LogP contribution in [0.25, 0.3) is 0 Å². The number of aliphatic carboxylic acids is 1. The first-order valence-corrected chi connectivity index (χ1v) is 5.10. The number of hydrogen-bond donors (Lipinski definition) is 1. The smallest absolute Gasteiger partial charge is 0.303 e. The molecule has 0 atom stereocenters. The molecule has 0 rings (SSSR count). The highest BCUT2D eigenvalue weighted by molar-refractivity contribution is 5.66. The molecule has 0 saturated carbocycles. The van der Waals surface area contributed by atoms with Crippen LogP contribution < -0.4 is 0 Å². The van der Waals surface area contributed by atoms with Crippen molar-refractivity contribution >= 4 is 5.97 Å². The van der Waals surface area contributed by atoms with Crippen molar-refractivity contribution in [2.75, 3.05) is 0 Å². The molecule has 0 aliphatic rings. The third-order valence-corrected chi connectivity index (χ3v) is 2.19. The third-order valence-electron chi connectivity index (χ3n) is 2.19. The lowest BCUT2D eigenvalue weighted by Gasteiger charge is -1.99. The molecule has 0 aromatic carbocycles. The zero-order chi connectivity index (χ0) is 10.1. The number of unbranched alkanes of at least 4 members (excludes halogenated alkanes) is 2. The highest BCUT2D eigenvalue weighted by atomic mass is 16.4. The molecular formula is C11H20O2. The van der Waals surface area contributed by atoms with Crippen LogP contribution in [-0.2, 0) is 4.79 Å². The Kier molecular flexibility index (Phi) is 7.36. The van der Waals surface area contributed by atoms with Gasteiger partial charge in [0.15, 0.2) is 0 Å². The Balaban J connectivity index is 3.42. The second kappa shape index (κ2) is 7.84. The summed E-state index contributed by atoms with van der Waals surface area (Å²) in [5, 5.41) is 8.40. The Hall–Kier alpha value is -0.790. The van der Waals surface area contributed by atoms with E-state index in [0.29, 0.717) is 6.42 Å². The average molecular weight is 184 g/mol. The molecule has 1 N–H and O–H groups in total. The van der Waals surface area contributed by atoms with E-state index in [1.54, 1.807) is 0 Å². The average Bonchev–Trinajstić information content (AvgIpc) is 2.11. The fraction of sp³-hybridized carbons (Fsp3) is 0.727. The van der Waals surface area contributed by atoms with Crippen LogP contribution in [0.3, 0.4) is 0 Å². The minimum Gasteiger partial charge on any atom is -0.481 e. The van der Waals surface area contributed by atoms with Gasteiger partial charge in [-0.3, -0.25) is 4.79 Å². The maximum atomic E-state index is 10.2. The molecule has 0 aliphatic heterocycles. The van der Waals surface area contributed by atoms with Crippen LogP contribution in [-0.4, -0.2) is 11.1 Å². The van der Waals surface area contributed by atoms with Gasteiger partial charge < -0.3 is 5.11 Å². The molecular weight excluding hydrogens is 164 g/mol. The largest absolute Gasteiger partial charge is 0.481 e. The molecule has 0 spiro atoms. The van der Waals surface area contributed by atoms with Crippen molar-refractivity contribution in [1.82, 2.24) is 0 Å². The van der Waals surface area contributed by atoms with E-state index in [9.17, 15) is 4.79 Å². The van der Waals surface area contributed by atoms with Gasteiger partial charge in [0.25, 0.3) is 0 Å². The van der Waals surface area contributed by atoms with E-state index in [1.165, 1.54) is 5.57 Å². The number of hydrogen-bond acceptors (Lipinski definition) is 1. The maximum Gasteiger partial charge on any atom is 0.303 e. The van der Waals surface area contributed by atoms with E-state index in [1.807, 2.05) is 0 Å². The fourth-order valence-corrected chi connectivity index (χ4v) is 1.27. The minimum atomic E-state index is -0.685. The Bertz CT molecular complexity index is 165. The molecule has 0 unspecified atom stereocenters. The van der Waals surface area contributed by atoms with E-state index in [4.69, 9.17) is 5.11 Å².